The molecule has 0 saturated heterocycles. The van der Waals surface area contributed by atoms with Gasteiger partial charge in [0.05, 0.1) is 0 Å². The number of thiophene rings is 1. The van der Waals surface area contributed by atoms with Crippen molar-refractivity contribution in [3.8, 4) is 0 Å². The minimum absolute atomic E-state index is 0.496. The predicted molar refractivity (Wildman–Crippen MR) is 42.3 cm³/mol. The van der Waals surface area contributed by atoms with Crippen LogP contribution >= 0.6 is 22.0 Å². The molecule has 0 aliphatic heterocycles. The fourth-order valence-corrected chi connectivity index (χ4v) is 3.08. The summed E-state index contributed by atoms with van der Waals surface area (Å²) >= 11 is 0.878. The highest BCUT2D eigenvalue weighted by Gasteiger charge is 2.22. The quantitative estimate of drug-likeness (QED) is 0.735. The van der Waals surface area contributed by atoms with Gasteiger partial charge in [0.1, 0.15) is 4.90 Å². The van der Waals surface area contributed by atoms with Crippen LogP contribution < -0.4 is 0 Å². The first-order valence-electron chi connectivity index (χ1n) is 2.72. The van der Waals surface area contributed by atoms with Gasteiger partial charge in [0.2, 0.25) is 0 Å². The van der Waals surface area contributed by atoms with Gasteiger partial charge >= 0.3 is 0 Å². The second-order valence-electron chi connectivity index (χ2n) is 1.93. The molecule has 1 aromatic heterocycles. The Morgan fingerprint density at radius 3 is 2.33 bits per heavy atom. The first kappa shape index (κ1) is 9.88. The van der Waals surface area contributed by atoms with Gasteiger partial charge < -0.3 is 0 Å². The van der Waals surface area contributed by atoms with E-state index in [0.29, 0.717) is 0 Å². The van der Waals surface area contributed by atoms with Crippen LogP contribution in [0.5, 0.6) is 0 Å². The number of halogens is 3. The van der Waals surface area contributed by atoms with E-state index in [4.69, 9.17) is 10.7 Å². The van der Waals surface area contributed by atoms with Crippen molar-refractivity contribution >= 4 is 31.1 Å². The third-order valence-corrected chi connectivity index (χ3v) is 3.44. The van der Waals surface area contributed by atoms with Crippen LogP contribution in [-0.4, -0.2) is 8.42 Å². The van der Waals surface area contributed by atoms with Crippen LogP contribution in [0.15, 0.2) is 15.7 Å². The lowest BCUT2D eigenvalue weighted by Gasteiger charge is -1.97. The molecule has 0 aliphatic rings. The Morgan fingerprint density at radius 1 is 1.42 bits per heavy atom. The largest absolute Gasteiger partial charge is 0.265 e. The SMILES string of the molecule is O=S(=O)(Cl)c1cscc1C(F)F. The normalized spacial score (nSPS) is 12.3. The minimum atomic E-state index is -4.03. The molecule has 0 saturated carbocycles. The highest BCUT2D eigenvalue weighted by molar-refractivity contribution is 8.13. The fraction of sp³-hybridized carbons (Fsp3) is 0.200. The van der Waals surface area contributed by atoms with E-state index in [1.165, 1.54) is 0 Å². The Labute approximate surface area is 76.2 Å². The smallest absolute Gasteiger partial charge is 0.207 e. The maximum Gasteiger partial charge on any atom is 0.265 e. The molecule has 7 heteroatoms. The van der Waals surface area contributed by atoms with Crippen molar-refractivity contribution in [2.24, 2.45) is 0 Å². The van der Waals surface area contributed by atoms with Crippen LogP contribution in [0, 0.1) is 0 Å². The van der Waals surface area contributed by atoms with Crippen molar-refractivity contribution < 1.29 is 17.2 Å². The van der Waals surface area contributed by atoms with E-state index in [0.717, 1.165) is 22.1 Å². The van der Waals surface area contributed by atoms with Crippen molar-refractivity contribution in [2.75, 3.05) is 0 Å². The molecule has 0 bridgehead atoms. The standard InChI is InChI=1S/C5H3ClF2O2S2/c6-12(9,10)4-2-11-1-3(4)5(7)8/h1-2,5H. The van der Waals surface area contributed by atoms with E-state index in [9.17, 15) is 17.2 Å². The molecule has 0 radical (unpaired) electrons. The van der Waals surface area contributed by atoms with Crippen LogP contribution in [0.1, 0.15) is 12.0 Å². The van der Waals surface area contributed by atoms with Crippen molar-refractivity contribution in [3.63, 3.8) is 0 Å². The summed E-state index contributed by atoms with van der Waals surface area (Å²) in [6.45, 7) is 0. The highest BCUT2D eigenvalue weighted by atomic mass is 35.7. The zero-order chi connectivity index (χ0) is 9.35. The predicted octanol–water partition coefficient (Wildman–Crippen LogP) is 2.61. The molecule has 0 fully saturated rings. The van der Waals surface area contributed by atoms with E-state index in [1.807, 2.05) is 0 Å². The number of hydrogen-bond acceptors (Lipinski definition) is 3. The molecule has 0 amide bonds. The third-order valence-electron chi connectivity index (χ3n) is 1.15. The maximum absolute atomic E-state index is 12.1. The zero-order valence-electron chi connectivity index (χ0n) is 5.50. The van der Waals surface area contributed by atoms with Gasteiger partial charge in [0.25, 0.3) is 15.5 Å². The molecule has 1 aromatic rings. The lowest BCUT2D eigenvalue weighted by Crippen LogP contribution is -1.93. The highest BCUT2D eigenvalue weighted by Crippen LogP contribution is 2.31. The Morgan fingerprint density at radius 2 is 2.00 bits per heavy atom. The zero-order valence-corrected chi connectivity index (χ0v) is 7.89. The van der Waals surface area contributed by atoms with Crippen molar-refractivity contribution in [1.82, 2.24) is 0 Å². The van der Waals surface area contributed by atoms with Gasteiger partial charge in [0.15, 0.2) is 0 Å². The summed E-state index contributed by atoms with van der Waals surface area (Å²) in [5, 5.41) is 2.16. The number of alkyl halides is 2. The van der Waals surface area contributed by atoms with Crippen LogP contribution in [-0.2, 0) is 9.05 Å². The number of rotatable bonds is 2. The summed E-state index contributed by atoms with van der Waals surface area (Å²) in [4.78, 5) is -0.496. The molecule has 2 nitrogen and oxygen atoms in total. The first-order chi connectivity index (χ1) is 5.43. The molecular weight excluding hydrogens is 230 g/mol. The van der Waals surface area contributed by atoms with E-state index in [1.54, 1.807) is 0 Å². The monoisotopic (exact) mass is 232 g/mol. The Bertz CT molecular complexity index is 371. The van der Waals surface area contributed by atoms with E-state index in [-0.39, 0.29) is 0 Å². The molecule has 1 rings (SSSR count). The Kier molecular flexibility index (Phi) is 2.70. The molecule has 12 heavy (non-hydrogen) atoms. The molecule has 0 aliphatic carbocycles. The van der Waals surface area contributed by atoms with Gasteiger partial charge in [-0.25, -0.2) is 17.2 Å². The summed E-state index contributed by atoms with van der Waals surface area (Å²) in [7, 11) is 0.862. The summed E-state index contributed by atoms with van der Waals surface area (Å²) in [5.41, 5.74) is -0.532. The molecule has 68 valence electrons. The van der Waals surface area contributed by atoms with Crippen LogP contribution in [0.3, 0.4) is 0 Å². The van der Waals surface area contributed by atoms with Crippen LogP contribution in [0.25, 0.3) is 0 Å². The second-order valence-corrected chi connectivity index (χ2v) is 5.21. The lowest BCUT2D eigenvalue weighted by atomic mass is 10.4. The van der Waals surface area contributed by atoms with E-state index in [2.05, 4.69) is 0 Å². The maximum atomic E-state index is 12.1. The first-order valence-corrected chi connectivity index (χ1v) is 5.97. The third kappa shape index (κ3) is 1.94. The molecule has 1 heterocycles. The number of hydrogen-bond donors (Lipinski definition) is 0. The van der Waals surface area contributed by atoms with Crippen molar-refractivity contribution in [3.05, 3.63) is 16.3 Å². The summed E-state index contributed by atoms with van der Waals surface area (Å²) in [5.74, 6) is 0. The topological polar surface area (TPSA) is 34.1 Å². The molecular formula is C5H3ClF2O2S2. The van der Waals surface area contributed by atoms with Gasteiger partial charge in [-0.2, -0.15) is 11.3 Å². The van der Waals surface area contributed by atoms with E-state index >= 15 is 0 Å². The Hall–Kier alpha value is -0.200. The van der Waals surface area contributed by atoms with Crippen LogP contribution in [0.4, 0.5) is 8.78 Å². The molecule has 0 atom stereocenters. The van der Waals surface area contributed by atoms with Gasteiger partial charge in [0, 0.05) is 27.0 Å². The second kappa shape index (κ2) is 3.27. The lowest BCUT2D eigenvalue weighted by molar-refractivity contribution is 0.148. The molecule has 0 spiro atoms. The summed E-state index contributed by atoms with van der Waals surface area (Å²) < 4.78 is 45.5. The van der Waals surface area contributed by atoms with Gasteiger partial charge in [-0.15, -0.1) is 0 Å². The van der Waals surface area contributed by atoms with Crippen molar-refractivity contribution in [2.45, 2.75) is 11.3 Å². The van der Waals surface area contributed by atoms with Gasteiger partial charge in [-0.05, 0) is 0 Å². The van der Waals surface area contributed by atoms with Gasteiger partial charge in [-0.1, -0.05) is 0 Å². The fourth-order valence-electron chi connectivity index (χ4n) is 0.652. The molecule has 0 N–H and O–H groups in total. The average molecular weight is 233 g/mol. The van der Waals surface area contributed by atoms with Crippen molar-refractivity contribution in [1.29, 1.82) is 0 Å². The molecule has 0 unspecified atom stereocenters. The summed E-state index contributed by atoms with van der Waals surface area (Å²) in [6.07, 6.45) is -2.81. The molecule has 0 aromatic carbocycles. The minimum Gasteiger partial charge on any atom is -0.207 e. The van der Waals surface area contributed by atoms with Crippen LogP contribution in [0.2, 0.25) is 0 Å². The average Bonchev–Trinajstić information content (AvgIpc) is 2.30. The van der Waals surface area contributed by atoms with E-state index < -0.39 is 25.9 Å². The van der Waals surface area contributed by atoms with Gasteiger partial charge in [-0.3, -0.25) is 0 Å². The Balaban J connectivity index is 3.26. The summed E-state index contributed by atoms with van der Waals surface area (Å²) in [6, 6.07) is 0.